The van der Waals surface area contributed by atoms with Gasteiger partial charge < -0.3 is 10.0 Å². The van der Waals surface area contributed by atoms with Crippen LogP contribution in [0.15, 0.2) is 17.1 Å². The van der Waals surface area contributed by atoms with E-state index in [4.69, 9.17) is 4.99 Å². The van der Waals surface area contributed by atoms with E-state index >= 15 is 0 Å². The van der Waals surface area contributed by atoms with Crippen LogP contribution in [0.3, 0.4) is 0 Å². The van der Waals surface area contributed by atoms with Crippen molar-refractivity contribution in [2.45, 2.75) is 44.8 Å². The third kappa shape index (κ3) is 3.07. The first-order chi connectivity index (χ1) is 11.0. The highest BCUT2D eigenvalue weighted by atomic mass is 32.2. The van der Waals surface area contributed by atoms with E-state index in [0.29, 0.717) is 0 Å². The Morgan fingerprint density at radius 1 is 1.39 bits per heavy atom. The fourth-order valence-corrected chi connectivity index (χ4v) is 4.62. The third-order valence-electron chi connectivity index (χ3n) is 4.64. The molecule has 7 heteroatoms. The Bertz CT molecular complexity index is 660. The molecule has 1 aromatic rings. The van der Waals surface area contributed by atoms with Gasteiger partial charge in [-0.2, -0.15) is 0 Å². The van der Waals surface area contributed by atoms with Gasteiger partial charge in [-0.15, -0.1) is 0 Å². The summed E-state index contributed by atoms with van der Waals surface area (Å²) in [5.74, 6) is 0.808. The molecule has 124 valence electrons. The lowest BCUT2D eigenvalue weighted by Crippen LogP contribution is -2.38. The van der Waals surface area contributed by atoms with Crippen molar-refractivity contribution in [1.82, 2.24) is 4.90 Å². The molecule has 0 spiro atoms. The molecule has 1 aliphatic carbocycles. The minimum Gasteiger partial charge on any atom is -0.391 e. The molecule has 0 aromatic heterocycles. The normalized spacial score (nSPS) is 23.9. The van der Waals surface area contributed by atoms with Crippen LogP contribution in [0.5, 0.6) is 0 Å². The van der Waals surface area contributed by atoms with Crippen LogP contribution in [0.4, 0.5) is 11.4 Å². The Hall–Kier alpha value is -1.60. The standard InChI is InChI=1S/C16H21N3O3S/c1-10(20)15-9-23-16(18(15)2)17-13-7-8-14(19(21)22)12-6-4-3-5-11(12)13/h7-8,10,15,20H,3-6,9H2,1-2H3/t10?,15-/m1/s1. The number of hydrogen-bond acceptors (Lipinski definition) is 5. The fourth-order valence-electron chi connectivity index (χ4n) is 3.30. The number of rotatable bonds is 3. The highest BCUT2D eigenvalue weighted by Crippen LogP contribution is 2.37. The van der Waals surface area contributed by atoms with E-state index in [-0.39, 0.29) is 16.7 Å². The Morgan fingerprint density at radius 3 is 2.70 bits per heavy atom. The van der Waals surface area contributed by atoms with Crippen LogP contribution in [0.2, 0.25) is 0 Å². The minimum atomic E-state index is -0.411. The van der Waals surface area contributed by atoms with Gasteiger partial charge in [-0.3, -0.25) is 10.1 Å². The molecule has 1 N–H and O–H groups in total. The number of aliphatic hydroxyl groups excluding tert-OH is 1. The predicted octanol–water partition coefficient (Wildman–Crippen LogP) is 2.89. The molecule has 0 saturated carbocycles. The van der Waals surface area contributed by atoms with Gasteiger partial charge in [0.15, 0.2) is 5.17 Å². The number of likely N-dealkylation sites (N-methyl/N-ethyl adjacent to an activating group) is 1. The molecule has 23 heavy (non-hydrogen) atoms. The van der Waals surface area contributed by atoms with Gasteiger partial charge in [0.2, 0.25) is 0 Å². The molecular formula is C16H21N3O3S. The molecule has 1 unspecified atom stereocenters. The summed E-state index contributed by atoms with van der Waals surface area (Å²) in [7, 11) is 1.94. The second kappa shape index (κ2) is 6.49. The summed E-state index contributed by atoms with van der Waals surface area (Å²) in [6.45, 7) is 1.79. The van der Waals surface area contributed by atoms with Crippen molar-refractivity contribution >= 4 is 28.3 Å². The van der Waals surface area contributed by atoms with Crippen molar-refractivity contribution in [3.63, 3.8) is 0 Å². The second-order valence-corrected chi connectivity index (χ2v) is 7.14. The first kappa shape index (κ1) is 16.3. The lowest BCUT2D eigenvalue weighted by atomic mass is 9.89. The molecule has 0 radical (unpaired) electrons. The molecule has 0 amide bonds. The number of aliphatic imine (C=N–C) groups is 1. The van der Waals surface area contributed by atoms with E-state index in [1.807, 2.05) is 11.9 Å². The van der Waals surface area contributed by atoms with Gasteiger partial charge in [0, 0.05) is 24.4 Å². The molecule has 2 aliphatic rings. The summed E-state index contributed by atoms with van der Waals surface area (Å²) in [6.07, 6.45) is 3.23. The largest absolute Gasteiger partial charge is 0.391 e. The molecule has 1 aliphatic heterocycles. The van der Waals surface area contributed by atoms with E-state index in [1.54, 1.807) is 30.8 Å². The molecule has 6 nitrogen and oxygen atoms in total. The molecule has 3 rings (SSSR count). The maximum absolute atomic E-state index is 11.2. The Labute approximate surface area is 139 Å². The van der Waals surface area contributed by atoms with Gasteiger partial charge in [-0.05, 0) is 44.2 Å². The lowest BCUT2D eigenvalue weighted by molar-refractivity contribution is -0.385. The van der Waals surface area contributed by atoms with E-state index in [9.17, 15) is 15.2 Å². The fraction of sp³-hybridized carbons (Fsp3) is 0.562. The summed E-state index contributed by atoms with van der Waals surface area (Å²) < 4.78 is 0. The van der Waals surface area contributed by atoms with Crippen molar-refractivity contribution in [3.05, 3.63) is 33.4 Å². The molecule has 0 bridgehead atoms. The van der Waals surface area contributed by atoms with Crippen LogP contribution in [0.25, 0.3) is 0 Å². The zero-order valence-corrected chi connectivity index (χ0v) is 14.2. The number of aliphatic hydroxyl groups is 1. The molecule has 2 atom stereocenters. The number of hydrogen-bond donors (Lipinski definition) is 1. The second-order valence-electron chi connectivity index (χ2n) is 6.15. The molecule has 1 saturated heterocycles. The molecule has 1 aromatic carbocycles. The van der Waals surface area contributed by atoms with Crippen LogP contribution in [-0.2, 0) is 12.8 Å². The Balaban J connectivity index is 1.98. The van der Waals surface area contributed by atoms with Crippen LogP contribution in [0, 0.1) is 10.1 Å². The summed E-state index contributed by atoms with van der Waals surface area (Å²) in [5.41, 5.74) is 2.93. The lowest BCUT2D eigenvalue weighted by Gasteiger charge is -2.23. The Kier molecular flexibility index (Phi) is 4.59. The smallest absolute Gasteiger partial charge is 0.273 e. The first-order valence-electron chi connectivity index (χ1n) is 7.90. The SMILES string of the molecule is CC(O)[C@H]1CSC(=Nc2ccc([N+](=O)[O-])c3c2CCCC3)N1C. The zero-order chi connectivity index (χ0) is 16.6. The highest BCUT2D eigenvalue weighted by Gasteiger charge is 2.31. The number of benzene rings is 1. The quantitative estimate of drug-likeness (QED) is 0.679. The van der Waals surface area contributed by atoms with Crippen LogP contribution >= 0.6 is 11.8 Å². The predicted molar refractivity (Wildman–Crippen MR) is 92.5 cm³/mol. The van der Waals surface area contributed by atoms with E-state index in [0.717, 1.165) is 53.4 Å². The molecular weight excluding hydrogens is 314 g/mol. The van der Waals surface area contributed by atoms with E-state index in [2.05, 4.69) is 0 Å². The maximum Gasteiger partial charge on any atom is 0.273 e. The summed E-state index contributed by atoms with van der Waals surface area (Å²) in [6, 6.07) is 3.40. The van der Waals surface area contributed by atoms with Gasteiger partial charge in [0.05, 0.1) is 22.8 Å². The number of nitro groups is 1. The van der Waals surface area contributed by atoms with Crippen molar-refractivity contribution < 1.29 is 10.0 Å². The van der Waals surface area contributed by atoms with Crippen molar-refractivity contribution in [3.8, 4) is 0 Å². The topological polar surface area (TPSA) is 79.0 Å². The van der Waals surface area contributed by atoms with E-state index in [1.165, 1.54) is 0 Å². The van der Waals surface area contributed by atoms with Crippen molar-refractivity contribution in [2.24, 2.45) is 4.99 Å². The summed E-state index contributed by atoms with van der Waals surface area (Å²) in [4.78, 5) is 17.7. The average Bonchev–Trinajstić information content (AvgIpc) is 2.88. The number of thioether (sulfide) groups is 1. The van der Waals surface area contributed by atoms with Crippen molar-refractivity contribution in [2.75, 3.05) is 12.8 Å². The number of nitro benzene ring substituents is 1. The van der Waals surface area contributed by atoms with Gasteiger partial charge in [-0.25, -0.2) is 4.99 Å². The monoisotopic (exact) mass is 335 g/mol. The Morgan fingerprint density at radius 2 is 2.09 bits per heavy atom. The summed E-state index contributed by atoms with van der Waals surface area (Å²) >= 11 is 1.62. The first-order valence-corrected chi connectivity index (χ1v) is 8.89. The van der Waals surface area contributed by atoms with Gasteiger partial charge in [0.25, 0.3) is 5.69 Å². The van der Waals surface area contributed by atoms with Gasteiger partial charge >= 0.3 is 0 Å². The third-order valence-corrected chi connectivity index (χ3v) is 5.78. The number of fused-ring (bicyclic) bond motifs is 1. The minimum absolute atomic E-state index is 0.0626. The van der Waals surface area contributed by atoms with Gasteiger partial charge in [0.1, 0.15) is 0 Å². The maximum atomic E-state index is 11.2. The van der Waals surface area contributed by atoms with Gasteiger partial charge in [-0.1, -0.05) is 11.8 Å². The highest BCUT2D eigenvalue weighted by molar-refractivity contribution is 8.14. The number of nitrogens with zero attached hydrogens (tertiary/aromatic N) is 3. The van der Waals surface area contributed by atoms with Crippen LogP contribution in [0.1, 0.15) is 30.9 Å². The van der Waals surface area contributed by atoms with E-state index < -0.39 is 6.10 Å². The molecule has 1 heterocycles. The van der Waals surface area contributed by atoms with Crippen LogP contribution < -0.4 is 0 Å². The number of amidine groups is 1. The zero-order valence-electron chi connectivity index (χ0n) is 13.4. The molecule has 1 fully saturated rings. The van der Waals surface area contributed by atoms with Crippen LogP contribution in [-0.4, -0.2) is 45.0 Å². The summed E-state index contributed by atoms with van der Waals surface area (Å²) in [5, 5.41) is 21.9. The average molecular weight is 335 g/mol. The van der Waals surface area contributed by atoms with Crippen molar-refractivity contribution in [1.29, 1.82) is 0 Å².